The Balaban J connectivity index is 0. The summed E-state index contributed by atoms with van der Waals surface area (Å²) in [4.78, 5) is 0. The van der Waals surface area contributed by atoms with Crippen molar-refractivity contribution in [2.75, 3.05) is 13.1 Å². The molecule has 0 aromatic heterocycles. The van der Waals surface area contributed by atoms with E-state index in [0.29, 0.717) is 0 Å². The van der Waals surface area contributed by atoms with Gasteiger partial charge in [0.25, 0.3) is 0 Å². The monoisotopic (exact) mass is 195 g/mol. The molecule has 0 heterocycles. The van der Waals surface area contributed by atoms with Crippen molar-refractivity contribution in [3.05, 3.63) is 25.3 Å². The zero-order valence-electron chi connectivity index (χ0n) is 6.60. The molecule has 0 amide bonds. The van der Waals surface area contributed by atoms with Gasteiger partial charge in [0.2, 0.25) is 0 Å². The van der Waals surface area contributed by atoms with E-state index in [4.69, 9.17) is 17.5 Å². The molecule has 0 saturated heterocycles. The van der Waals surface area contributed by atoms with Crippen LogP contribution in [0.25, 0.3) is 0 Å². The molecule has 0 saturated carbocycles. The Morgan fingerprint density at radius 1 is 1.17 bits per heavy atom. The molecule has 0 spiro atoms. The lowest BCUT2D eigenvalue weighted by atomic mass is 10.5. The predicted octanol–water partition coefficient (Wildman–Crippen LogP) is 0.295. The molecule has 12 heavy (non-hydrogen) atoms. The van der Waals surface area contributed by atoms with E-state index in [0.717, 1.165) is 13.1 Å². The fraction of sp³-hybridized carbons (Fsp3) is 0.333. The third-order valence-electron chi connectivity index (χ3n) is 0.577. The first-order chi connectivity index (χ1) is 5.41. The van der Waals surface area contributed by atoms with E-state index in [1.54, 1.807) is 0 Å². The van der Waals surface area contributed by atoms with Crippen LogP contribution in [0.1, 0.15) is 0 Å². The highest BCUT2D eigenvalue weighted by molar-refractivity contribution is 7.79. The van der Waals surface area contributed by atoms with Gasteiger partial charge in [0, 0.05) is 13.1 Å². The fourth-order valence-corrected chi connectivity index (χ4v) is 0.287. The number of nitrogens with one attached hydrogen (secondary N) is 1. The van der Waals surface area contributed by atoms with Crippen LogP contribution in [-0.4, -0.2) is 30.6 Å². The first kappa shape index (κ1) is 13.9. The van der Waals surface area contributed by atoms with Gasteiger partial charge in [-0.05, 0) is 0 Å². The highest BCUT2D eigenvalue weighted by Gasteiger charge is 1.84. The maximum absolute atomic E-state index is 8.74. The Morgan fingerprint density at radius 3 is 1.58 bits per heavy atom. The minimum Gasteiger partial charge on any atom is -0.310 e. The van der Waals surface area contributed by atoms with Crippen LogP contribution in [0.3, 0.4) is 0 Å². The molecule has 0 aromatic carbocycles. The molecular weight excluding hydrogens is 182 g/mol. The minimum atomic E-state index is -4.67. The van der Waals surface area contributed by atoms with E-state index >= 15 is 0 Å². The number of rotatable bonds is 4. The lowest BCUT2D eigenvalue weighted by Gasteiger charge is -1.90. The molecule has 0 fully saturated rings. The summed E-state index contributed by atoms with van der Waals surface area (Å²) in [6.45, 7) is 8.81. The Bertz CT molecular complexity index is 194. The van der Waals surface area contributed by atoms with Crippen LogP contribution in [0.4, 0.5) is 0 Å². The van der Waals surface area contributed by atoms with Crippen molar-refractivity contribution in [1.82, 2.24) is 5.32 Å². The lowest BCUT2D eigenvalue weighted by molar-refractivity contribution is 0.381. The van der Waals surface area contributed by atoms with Gasteiger partial charge in [-0.2, -0.15) is 8.42 Å². The molecule has 5 nitrogen and oxygen atoms in total. The first-order valence-electron chi connectivity index (χ1n) is 3.04. The van der Waals surface area contributed by atoms with E-state index in [1.807, 2.05) is 12.2 Å². The van der Waals surface area contributed by atoms with E-state index in [-0.39, 0.29) is 0 Å². The topological polar surface area (TPSA) is 86.6 Å². The van der Waals surface area contributed by atoms with Gasteiger partial charge < -0.3 is 5.32 Å². The number of hydrogen-bond donors (Lipinski definition) is 3. The van der Waals surface area contributed by atoms with Crippen molar-refractivity contribution in [2.24, 2.45) is 0 Å². The smallest absolute Gasteiger partial charge is 0.310 e. The van der Waals surface area contributed by atoms with Crippen LogP contribution in [0, 0.1) is 0 Å². The third kappa shape index (κ3) is 58.7. The Hall–Kier alpha value is -0.690. The maximum Gasteiger partial charge on any atom is 0.394 e. The van der Waals surface area contributed by atoms with Gasteiger partial charge in [0.1, 0.15) is 0 Å². The average Bonchev–Trinajstić information content (AvgIpc) is 1.85. The molecule has 0 rings (SSSR count). The SMILES string of the molecule is C=CCNCC=C.O=S(=O)(O)O. The van der Waals surface area contributed by atoms with Crippen molar-refractivity contribution in [3.8, 4) is 0 Å². The zero-order valence-corrected chi connectivity index (χ0v) is 7.42. The lowest BCUT2D eigenvalue weighted by Crippen LogP contribution is -2.11. The largest absolute Gasteiger partial charge is 0.394 e. The van der Waals surface area contributed by atoms with E-state index in [1.165, 1.54) is 0 Å². The van der Waals surface area contributed by atoms with Gasteiger partial charge in [-0.25, -0.2) is 0 Å². The Kier molecular flexibility index (Phi) is 9.72. The molecule has 0 bridgehead atoms. The van der Waals surface area contributed by atoms with Crippen LogP contribution in [0.5, 0.6) is 0 Å². The third-order valence-corrected chi connectivity index (χ3v) is 0.577. The van der Waals surface area contributed by atoms with Crippen molar-refractivity contribution in [2.45, 2.75) is 0 Å². The Morgan fingerprint density at radius 2 is 1.42 bits per heavy atom. The van der Waals surface area contributed by atoms with Crippen LogP contribution in [0.2, 0.25) is 0 Å². The molecule has 0 unspecified atom stereocenters. The standard InChI is InChI=1S/C6H11N.H2O4S/c1-3-5-7-6-4-2;1-5(2,3)4/h3-4,7H,1-2,5-6H2;(H2,1,2,3,4). The molecular formula is C6H13NO4S. The highest BCUT2D eigenvalue weighted by Crippen LogP contribution is 1.60. The molecule has 0 radical (unpaired) electrons. The summed E-state index contributed by atoms with van der Waals surface area (Å²) in [7, 11) is -4.67. The van der Waals surface area contributed by atoms with Gasteiger partial charge in [0.05, 0.1) is 0 Å². The summed E-state index contributed by atoms with van der Waals surface area (Å²) >= 11 is 0. The van der Waals surface area contributed by atoms with E-state index in [9.17, 15) is 0 Å². The summed E-state index contributed by atoms with van der Waals surface area (Å²) in [6, 6.07) is 0. The molecule has 0 aromatic rings. The quantitative estimate of drug-likeness (QED) is 0.341. The van der Waals surface area contributed by atoms with Gasteiger partial charge in [-0.15, -0.1) is 13.2 Å². The van der Waals surface area contributed by atoms with Crippen molar-refractivity contribution in [3.63, 3.8) is 0 Å². The van der Waals surface area contributed by atoms with Crippen LogP contribution in [-0.2, 0) is 10.4 Å². The van der Waals surface area contributed by atoms with Gasteiger partial charge in [-0.1, -0.05) is 12.2 Å². The Labute approximate surface area is 72.4 Å². The summed E-state index contributed by atoms with van der Waals surface area (Å²) in [6.07, 6.45) is 3.65. The van der Waals surface area contributed by atoms with Crippen molar-refractivity contribution >= 4 is 10.4 Å². The van der Waals surface area contributed by atoms with E-state index < -0.39 is 10.4 Å². The number of hydrogen-bond acceptors (Lipinski definition) is 3. The average molecular weight is 195 g/mol. The van der Waals surface area contributed by atoms with Crippen LogP contribution >= 0.6 is 0 Å². The zero-order chi connectivity index (χ0) is 10.0. The molecule has 0 aliphatic rings. The molecule has 0 aliphatic carbocycles. The summed E-state index contributed by atoms with van der Waals surface area (Å²) in [5, 5.41) is 3.05. The van der Waals surface area contributed by atoms with Crippen molar-refractivity contribution < 1.29 is 17.5 Å². The molecule has 72 valence electrons. The van der Waals surface area contributed by atoms with Crippen LogP contribution in [0.15, 0.2) is 25.3 Å². The van der Waals surface area contributed by atoms with Crippen LogP contribution < -0.4 is 5.32 Å². The predicted molar refractivity (Wildman–Crippen MR) is 47.4 cm³/mol. The maximum atomic E-state index is 8.74. The summed E-state index contributed by atoms with van der Waals surface area (Å²) < 4.78 is 31.6. The van der Waals surface area contributed by atoms with Gasteiger partial charge in [-0.3, -0.25) is 9.11 Å². The molecule has 3 N–H and O–H groups in total. The van der Waals surface area contributed by atoms with Gasteiger partial charge >= 0.3 is 10.4 Å². The first-order valence-corrected chi connectivity index (χ1v) is 4.44. The second-order valence-electron chi connectivity index (χ2n) is 1.68. The summed E-state index contributed by atoms with van der Waals surface area (Å²) in [5.74, 6) is 0. The summed E-state index contributed by atoms with van der Waals surface area (Å²) in [5.41, 5.74) is 0. The fourth-order valence-electron chi connectivity index (χ4n) is 0.287. The normalized spacial score (nSPS) is 9.50. The highest BCUT2D eigenvalue weighted by atomic mass is 32.3. The second kappa shape index (κ2) is 8.41. The second-order valence-corrected chi connectivity index (χ2v) is 2.58. The molecule has 0 atom stereocenters. The minimum absolute atomic E-state index is 0.867. The molecule has 0 aliphatic heterocycles. The van der Waals surface area contributed by atoms with E-state index in [2.05, 4.69) is 18.5 Å². The van der Waals surface area contributed by atoms with Gasteiger partial charge in [0.15, 0.2) is 0 Å². The van der Waals surface area contributed by atoms with Crippen molar-refractivity contribution in [1.29, 1.82) is 0 Å². The molecule has 6 heteroatoms.